The van der Waals surface area contributed by atoms with Crippen LogP contribution in [0.4, 0.5) is 15.8 Å². The Balaban J connectivity index is 1.47. The van der Waals surface area contributed by atoms with Gasteiger partial charge in [-0.3, -0.25) is 4.79 Å². The number of halogens is 1. The minimum Gasteiger partial charge on any atom is -0.371 e. The molecule has 1 amide bonds. The number of benzene rings is 3. The summed E-state index contributed by atoms with van der Waals surface area (Å²) < 4.78 is 41.8. The van der Waals surface area contributed by atoms with Crippen molar-refractivity contribution in [1.82, 2.24) is 9.29 Å². The lowest BCUT2D eigenvalue weighted by Gasteiger charge is -2.24. The number of anilines is 2. The molecule has 3 aromatic carbocycles. The lowest BCUT2D eigenvalue weighted by atomic mass is 10.1. The van der Waals surface area contributed by atoms with Gasteiger partial charge < -0.3 is 14.8 Å². The highest BCUT2D eigenvalue weighted by Gasteiger charge is 2.27. The molecule has 0 atom stereocenters. The minimum atomic E-state index is -3.99. The molecule has 9 heteroatoms. The number of likely N-dealkylation sites (N-methyl/N-ethyl adjacent to an activating group) is 2. The second-order valence-corrected chi connectivity index (χ2v) is 11.9. The second-order valence-electron chi connectivity index (χ2n) is 9.84. The van der Waals surface area contributed by atoms with E-state index in [0.29, 0.717) is 5.69 Å². The highest BCUT2D eigenvalue weighted by molar-refractivity contribution is 7.89. The van der Waals surface area contributed by atoms with Crippen molar-refractivity contribution in [2.75, 3.05) is 43.5 Å². The Bertz CT molecular complexity index is 1610. The van der Waals surface area contributed by atoms with Gasteiger partial charge in [0.05, 0.1) is 11.4 Å². The zero-order valence-electron chi connectivity index (χ0n) is 21.7. The maximum absolute atomic E-state index is 13.6. The monoisotopic (exact) mass is 534 g/mol. The van der Waals surface area contributed by atoms with Crippen LogP contribution in [0.15, 0.2) is 71.6 Å². The van der Waals surface area contributed by atoms with Gasteiger partial charge in [-0.1, -0.05) is 18.2 Å². The second kappa shape index (κ2) is 10.2. The van der Waals surface area contributed by atoms with Crippen LogP contribution >= 0.6 is 0 Å². The minimum absolute atomic E-state index is 0.106. The van der Waals surface area contributed by atoms with E-state index in [0.717, 1.165) is 63.6 Å². The molecule has 0 aliphatic carbocycles. The maximum atomic E-state index is 13.6. The molecule has 1 aliphatic rings. The largest absolute Gasteiger partial charge is 0.371 e. The van der Waals surface area contributed by atoms with E-state index in [1.165, 1.54) is 37.2 Å². The molecule has 198 valence electrons. The van der Waals surface area contributed by atoms with Crippen LogP contribution in [-0.4, -0.2) is 57.3 Å². The number of amides is 1. The van der Waals surface area contributed by atoms with Gasteiger partial charge in [-0.15, -0.1) is 0 Å². The summed E-state index contributed by atoms with van der Waals surface area (Å²) >= 11 is 0. The van der Waals surface area contributed by atoms with Gasteiger partial charge in [-0.25, -0.2) is 12.8 Å². The highest BCUT2D eigenvalue weighted by Crippen LogP contribution is 2.36. The number of aromatic nitrogens is 1. The number of hydrogen-bond donors (Lipinski definition) is 1. The summed E-state index contributed by atoms with van der Waals surface area (Å²) in [7, 11) is -1.11. The van der Waals surface area contributed by atoms with Crippen molar-refractivity contribution >= 4 is 38.2 Å². The summed E-state index contributed by atoms with van der Waals surface area (Å²) in [6, 6.07) is 19.0. The predicted octanol–water partition coefficient (Wildman–Crippen LogP) is 5.17. The van der Waals surface area contributed by atoms with Gasteiger partial charge >= 0.3 is 0 Å². The smallest absolute Gasteiger partial charge is 0.243 e. The summed E-state index contributed by atoms with van der Waals surface area (Å²) in [5.74, 6) is -0.942. The number of carbonyl (C=O) groups excluding carboxylic acids is 1. The average Bonchev–Trinajstić information content (AvgIpc) is 3.58. The molecular weight excluding hydrogens is 503 g/mol. The summed E-state index contributed by atoms with van der Waals surface area (Å²) in [6.45, 7) is 3.48. The number of aryl methyl sites for hydroxylation is 1. The fourth-order valence-corrected chi connectivity index (χ4v) is 6.05. The van der Waals surface area contributed by atoms with Crippen molar-refractivity contribution < 1.29 is 17.6 Å². The third-order valence-corrected chi connectivity index (χ3v) is 8.92. The molecule has 7 nitrogen and oxygen atoms in total. The highest BCUT2D eigenvalue weighted by atomic mass is 32.2. The molecular formula is C29H31FN4O3S. The number of fused-ring (bicyclic) bond motifs is 1. The molecule has 0 saturated carbocycles. The van der Waals surface area contributed by atoms with Gasteiger partial charge in [0.1, 0.15) is 5.82 Å². The molecule has 1 aromatic heterocycles. The summed E-state index contributed by atoms with van der Waals surface area (Å²) in [5, 5.41) is 1.05. The van der Waals surface area contributed by atoms with Crippen LogP contribution in [0.25, 0.3) is 22.2 Å². The van der Waals surface area contributed by atoms with E-state index in [-0.39, 0.29) is 11.4 Å². The molecule has 4 aromatic rings. The SMILES string of the molecule is Cc1ccc2cc(-c3cc(S(=O)(=O)N(C)CC(=O)N(C)c4cccc(F)c4)ccc3N3CCCC3)[nH]c2c1. The van der Waals surface area contributed by atoms with Crippen molar-refractivity contribution in [2.45, 2.75) is 24.7 Å². The first-order chi connectivity index (χ1) is 18.1. The van der Waals surface area contributed by atoms with Crippen LogP contribution < -0.4 is 9.80 Å². The molecule has 0 radical (unpaired) electrons. The molecule has 1 saturated heterocycles. The quantitative estimate of drug-likeness (QED) is 0.355. The number of carbonyl (C=O) groups is 1. The van der Waals surface area contributed by atoms with Crippen LogP contribution in [0.3, 0.4) is 0 Å². The zero-order valence-corrected chi connectivity index (χ0v) is 22.6. The molecule has 1 fully saturated rings. The van der Waals surface area contributed by atoms with E-state index in [1.807, 2.05) is 19.1 Å². The van der Waals surface area contributed by atoms with Crippen molar-refractivity contribution in [2.24, 2.45) is 0 Å². The number of H-pyrrole nitrogens is 1. The molecule has 0 spiro atoms. The van der Waals surface area contributed by atoms with Crippen LogP contribution in [0.5, 0.6) is 0 Å². The zero-order chi connectivity index (χ0) is 27.0. The molecule has 5 rings (SSSR count). The lowest BCUT2D eigenvalue weighted by molar-refractivity contribution is -0.118. The standard InChI is InChI=1S/C29H31FN4O3S/c1-20-9-10-21-16-27(31-26(21)15-20)25-18-24(11-12-28(25)34-13-4-5-14-34)38(36,37)32(2)19-29(35)33(3)23-8-6-7-22(30)17-23/h6-12,15-18,31H,4-5,13-14,19H2,1-3H3. The van der Waals surface area contributed by atoms with Crippen molar-refractivity contribution in [3.63, 3.8) is 0 Å². The first-order valence-electron chi connectivity index (χ1n) is 12.6. The van der Waals surface area contributed by atoms with Crippen molar-refractivity contribution in [1.29, 1.82) is 0 Å². The number of rotatable bonds is 7. The molecule has 0 bridgehead atoms. The number of sulfonamides is 1. The fraction of sp³-hybridized carbons (Fsp3) is 0.276. The van der Waals surface area contributed by atoms with Gasteiger partial charge in [0.15, 0.2) is 0 Å². The van der Waals surface area contributed by atoms with E-state index in [2.05, 4.69) is 28.1 Å². The van der Waals surface area contributed by atoms with Crippen LogP contribution in [0, 0.1) is 12.7 Å². The summed E-state index contributed by atoms with van der Waals surface area (Å²) in [4.78, 5) is 20.0. The third kappa shape index (κ3) is 5.04. The maximum Gasteiger partial charge on any atom is 0.243 e. The van der Waals surface area contributed by atoms with Gasteiger partial charge in [0.25, 0.3) is 0 Å². The molecule has 38 heavy (non-hydrogen) atoms. The van der Waals surface area contributed by atoms with Crippen LogP contribution in [0.2, 0.25) is 0 Å². The first kappa shape index (κ1) is 25.9. The first-order valence-corrected chi connectivity index (χ1v) is 14.0. The Kier molecular flexibility index (Phi) is 6.98. The normalized spacial score (nSPS) is 14.0. The fourth-order valence-electron chi connectivity index (χ4n) is 4.90. The van der Waals surface area contributed by atoms with E-state index >= 15 is 0 Å². The topological polar surface area (TPSA) is 76.7 Å². The van der Waals surface area contributed by atoms with Crippen LogP contribution in [-0.2, 0) is 14.8 Å². The van der Waals surface area contributed by atoms with E-state index in [4.69, 9.17) is 0 Å². The summed E-state index contributed by atoms with van der Waals surface area (Å²) in [5.41, 5.74) is 5.11. The van der Waals surface area contributed by atoms with Gasteiger partial charge in [-0.2, -0.15) is 4.31 Å². The van der Waals surface area contributed by atoms with Gasteiger partial charge in [0, 0.05) is 60.7 Å². The predicted molar refractivity (Wildman–Crippen MR) is 150 cm³/mol. The Morgan fingerprint density at radius 3 is 2.50 bits per heavy atom. The number of hydrogen-bond acceptors (Lipinski definition) is 4. The summed E-state index contributed by atoms with van der Waals surface area (Å²) in [6.07, 6.45) is 2.18. The van der Waals surface area contributed by atoms with Crippen LogP contribution in [0.1, 0.15) is 18.4 Å². The number of aromatic amines is 1. The van der Waals surface area contributed by atoms with Crippen molar-refractivity contribution in [3.05, 3.63) is 78.1 Å². The Morgan fingerprint density at radius 2 is 1.76 bits per heavy atom. The van der Waals surface area contributed by atoms with E-state index < -0.39 is 21.7 Å². The number of nitrogens with one attached hydrogen (secondary N) is 1. The molecule has 2 heterocycles. The van der Waals surface area contributed by atoms with Gasteiger partial charge in [-0.05, 0) is 73.9 Å². The van der Waals surface area contributed by atoms with E-state index in [1.54, 1.807) is 18.2 Å². The third-order valence-electron chi connectivity index (χ3n) is 7.12. The molecule has 0 unspecified atom stereocenters. The van der Waals surface area contributed by atoms with Crippen molar-refractivity contribution in [3.8, 4) is 11.3 Å². The molecule has 1 N–H and O–H groups in total. The molecule has 1 aliphatic heterocycles. The van der Waals surface area contributed by atoms with E-state index in [9.17, 15) is 17.6 Å². The average molecular weight is 535 g/mol. The Hall–Kier alpha value is -3.69. The Morgan fingerprint density at radius 1 is 1.00 bits per heavy atom. The Labute approximate surface area is 222 Å². The number of nitrogens with zero attached hydrogens (tertiary/aromatic N) is 3. The van der Waals surface area contributed by atoms with Gasteiger partial charge in [0.2, 0.25) is 15.9 Å². The lowest BCUT2D eigenvalue weighted by Crippen LogP contribution is -2.39.